The van der Waals surface area contributed by atoms with Gasteiger partial charge in [-0.25, -0.2) is 9.26 Å². The zero-order valence-electron chi connectivity index (χ0n) is 55.9. The smallest absolute Gasteiger partial charge is 0.250 e. The Hall–Kier alpha value is -7.06. The molecule has 1 N–H and O–H groups in total. The highest BCUT2D eigenvalue weighted by Crippen LogP contribution is 2.12. The number of nitrogens with one attached hydrogen (secondary N) is 1. The van der Waals surface area contributed by atoms with E-state index in [2.05, 4.69) is 289 Å². The summed E-state index contributed by atoms with van der Waals surface area (Å²) >= 11 is 5.08. The van der Waals surface area contributed by atoms with Crippen molar-refractivity contribution in [3.63, 3.8) is 0 Å². The van der Waals surface area contributed by atoms with Gasteiger partial charge in [0.15, 0.2) is 12.7 Å². The van der Waals surface area contributed by atoms with Crippen LogP contribution in [0.5, 0.6) is 0 Å². The molecule has 0 saturated carbocycles. The maximum atomic E-state index is 4.62. The lowest BCUT2D eigenvalue weighted by Crippen LogP contribution is -1.85. The number of hydrogen-bond donors (Lipinski definition) is 1. The first-order valence-corrected chi connectivity index (χ1v) is 30.9. The summed E-state index contributed by atoms with van der Waals surface area (Å²) in [6.07, 6.45) is 17.2. The van der Waals surface area contributed by atoms with Gasteiger partial charge in [-0.2, -0.15) is 18.2 Å². The Morgan fingerprint density at radius 3 is 1.22 bits per heavy atom. The van der Waals surface area contributed by atoms with Crippen LogP contribution >= 0.6 is 46.5 Å². The summed E-state index contributed by atoms with van der Waals surface area (Å²) in [4.78, 5) is 0. The van der Waals surface area contributed by atoms with Gasteiger partial charge in [-0.1, -0.05) is 219 Å². The normalized spacial score (nSPS) is 9.16. The zero-order chi connectivity index (χ0) is 66.6. The molecule has 86 heavy (non-hydrogen) atoms. The van der Waals surface area contributed by atoms with Crippen LogP contribution in [0.3, 0.4) is 0 Å². The van der Waals surface area contributed by atoms with E-state index in [1.54, 1.807) is 37.1 Å². The van der Waals surface area contributed by atoms with Gasteiger partial charge >= 0.3 is 0 Å². The maximum Gasteiger partial charge on any atom is 0.250 e. The second-order valence-electron chi connectivity index (χ2n) is 21.7. The number of H-pyrrole nitrogens is 1. The lowest BCUT2D eigenvalue weighted by molar-refractivity contribution is 0.292. The second kappa shape index (κ2) is 70.4. The Morgan fingerprint density at radius 1 is 0.442 bits per heavy atom. The summed E-state index contributed by atoms with van der Waals surface area (Å²) in [6, 6.07) is 3.56. The first-order valence-electron chi connectivity index (χ1n) is 27.8. The molecular formula is C54H103N23O5S4. The number of nitrogens with zero attached hydrogens (tertiary/aromatic N) is 22. The second-order valence-corrected chi connectivity index (χ2v) is 24.2. The molecule has 0 atom stereocenters. The summed E-state index contributed by atoms with van der Waals surface area (Å²) in [5.41, 5.74) is 2.00. The fourth-order valence-corrected chi connectivity index (χ4v) is 3.93. The van der Waals surface area contributed by atoms with E-state index in [0.29, 0.717) is 23.6 Å². The molecule has 32 heteroatoms. The van der Waals surface area contributed by atoms with Crippen molar-refractivity contribution in [1.82, 2.24) is 114 Å². The van der Waals surface area contributed by atoms with Gasteiger partial charge in [0.1, 0.15) is 23.2 Å². The number of aromatic nitrogens is 23. The molecule has 0 fully saturated rings. The monoisotopic (exact) mass is 1280 g/mol. The minimum Gasteiger partial charge on any atom is -0.365 e. The fourth-order valence-electron chi connectivity index (χ4n) is 2.45. The Kier molecular flexibility index (Phi) is 73.8. The predicted molar refractivity (Wildman–Crippen MR) is 343 cm³/mol. The van der Waals surface area contributed by atoms with Crippen LogP contribution in [-0.4, -0.2) is 114 Å². The third-order valence-corrected chi connectivity index (χ3v) is 7.51. The summed E-state index contributed by atoms with van der Waals surface area (Å²) in [7, 11) is 0. The van der Waals surface area contributed by atoms with E-state index in [-0.39, 0.29) is 5.92 Å². The summed E-state index contributed by atoms with van der Waals surface area (Å²) in [5.74, 6) is 7.28. The quantitative estimate of drug-likeness (QED) is 0.171. The Balaban J connectivity index is -0.000000200. The van der Waals surface area contributed by atoms with E-state index in [4.69, 9.17) is 0 Å². The Bertz CT molecular complexity index is 1910. The number of hydrogen-bond acceptors (Lipinski definition) is 31. The standard InChI is InChI=1S/C5H8N2O.C5H8N2S.C4H7N3O.C4H7N3S.6C4H10.C3H4N2.C3H3NO.C2H2N2O.C2H2N2S.CHN3O.CHN3S/c2*1-4(2)5-3-6-8-7-5;2*1-3(2)4-5-6-7-8-4;6*1-4(2)3;2*1-2-4-5-3-1;2*1-2-5-4-3-1;2*1-2-4-5-3-1/h2*3-4H,1-2H3;2*3H,1-2H3;6*4H,1-3H3;1-3H,(H,4,5);1-3H;2*1-2H;2*1H. The van der Waals surface area contributed by atoms with Crippen LogP contribution in [-0.2, 0) is 0 Å². The molecule has 0 aromatic carbocycles. The van der Waals surface area contributed by atoms with Gasteiger partial charge in [0.2, 0.25) is 0 Å². The van der Waals surface area contributed by atoms with Crippen LogP contribution in [0, 0.1) is 35.5 Å². The first kappa shape index (κ1) is 90.1. The largest absolute Gasteiger partial charge is 0.365 e. The van der Waals surface area contributed by atoms with Gasteiger partial charge in [0.25, 0.3) is 5.89 Å². The zero-order valence-corrected chi connectivity index (χ0v) is 59.1. The lowest BCUT2D eigenvalue weighted by Gasteiger charge is -1.92. The molecule has 488 valence electrons. The molecule has 28 nitrogen and oxygen atoms in total. The highest BCUT2D eigenvalue weighted by atomic mass is 32.1. The number of rotatable bonds is 4. The van der Waals surface area contributed by atoms with E-state index < -0.39 is 0 Å². The molecule has 0 saturated heterocycles. The topological polar surface area (TPSA) is 365 Å². The van der Waals surface area contributed by atoms with Gasteiger partial charge in [-0.15, -0.1) is 20.4 Å². The van der Waals surface area contributed by atoms with Crippen molar-refractivity contribution in [3.05, 3.63) is 108 Å². The van der Waals surface area contributed by atoms with Crippen LogP contribution in [0.4, 0.5) is 0 Å². The summed E-state index contributed by atoms with van der Waals surface area (Å²) in [6.45, 7) is 55.4. The van der Waals surface area contributed by atoms with Crippen LogP contribution < -0.4 is 0 Å². The SMILES string of the molecule is CC(C)C.CC(C)C.CC(C)C.CC(C)C.CC(C)C.CC(C)C.CC(C)c1cnon1.CC(C)c1cnsn1.CC(C)c1nnno1.CC(C)c1nnns1.c1cn[nH]c1.c1cnoc1.c1conn1.c1csnn1.c1nnon1.c1nnsn1. The number of aromatic amines is 1. The highest BCUT2D eigenvalue weighted by Gasteiger charge is 2.04. The molecule has 0 aliphatic carbocycles. The van der Waals surface area contributed by atoms with Crippen molar-refractivity contribution >= 4 is 46.5 Å². The molecule has 0 unspecified atom stereocenters. The van der Waals surface area contributed by atoms with E-state index in [1.807, 2.05) is 45.3 Å². The van der Waals surface area contributed by atoms with Crippen LogP contribution in [0.15, 0.2) is 109 Å². The van der Waals surface area contributed by atoms with Gasteiger partial charge < -0.3 is 13.6 Å². The molecule has 0 aliphatic rings. The van der Waals surface area contributed by atoms with E-state index in [9.17, 15) is 0 Å². The molecule has 10 aromatic rings. The molecule has 0 amide bonds. The Morgan fingerprint density at radius 2 is 1.06 bits per heavy atom. The molecule has 10 aromatic heterocycles. The average Bonchev–Trinajstić information content (AvgIpc) is 4.32. The maximum absolute atomic E-state index is 4.62. The summed E-state index contributed by atoms with van der Waals surface area (Å²) in [5, 5.41) is 59.4. The molecule has 0 radical (unpaired) electrons. The van der Waals surface area contributed by atoms with E-state index in [0.717, 1.165) is 63.6 Å². The molecule has 0 aliphatic heterocycles. The van der Waals surface area contributed by atoms with Crippen molar-refractivity contribution in [2.45, 2.75) is 204 Å². The van der Waals surface area contributed by atoms with E-state index >= 15 is 0 Å². The first-order chi connectivity index (χ1) is 40.6. The van der Waals surface area contributed by atoms with Gasteiger partial charge in [0, 0.05) is 52.3 Å². The summed E-state index contributed by atoms with van der Waals surface area (Å²) < 4.78 is 43.5. The molecule has 10 rings (SSSR count). The molecule has 0 bridgehead atoms. The predicted octanol–water partition coefficient (Wildman–Crippen LogP) is 15.6. The lowest BCUT2D eigenvalue weighted by atomic mass is 10.2. The highest BCUT2D eigenvalue weighted by molar-refractivity contribution is 7.05. The van der Waals surface area contributed by atoms with Crippen molar-refractivity contribution in [1.29, 1.82) is 0 Å². The van der Waals surface area contributed by atoms with Crippen LogP contribution in [0.1, 0.15) is 226 Å². The van der Waals surface area contributed by atoms with Crippen LogP contribution in [0.2, 0.25) is 0 Å². The van der Waals surface area contributed by atoms with Crippen molar-refractivity contribution in [3.8, 4) is 0 Å². The van der Waals surface area contributed by atoms with Gasteiger partial charge in [-0.05, 0) is 80.7 Å². The van der Waals surface area contributed by atoms with Gasteiger partial charge in [-0.3, -0.25) is 5.10 Å². The third kappa shape index (κ3) is 99.0. The van der Waals surface area contributed by atoms with Crippen molar-refractivity contribution < 1.29 is 22.8 Å². The minimum atomic E-state index is 0.282. The molecule has 10 heterocycles. The average molecular weight is 1280 g/mol. The van der Waals surface area contributed by atoms with Crippen molar-refractivity contribution in [2.75, 3.05) is 0 Å². The third-order valence-electron chi connectivity index (χ3n) is 5.33. The molecule has 0 spiro atoms. The van der Waals surface area contributed by atoms with Crippen molar-refractivity contribution in [2.24, 2.45) is 35.5 Å². The van der Waals surface area contributed by atoms with E-state index in [1.165, 1.54) is 66.2 Å². The van der Waals surface area contributed by atoms with Gasteiger partial charge in [0.05, 0.1) is 70.7 Å². The minimum absolute atomic E-state index is 0.282. The fraction of sp³-hybridized carbons (Fsp3) is 0.667. The van der Waals surface area contributed by atoms with Crippen LogP contribution in [0.25, 0.3) is 0 Å². The molecular weight excluding hydrogens is 1180 g/mol. The Labute approximate surface area is 528 Å².